The van der Waals surface area contributed by atoms with Crippen molar-refractivity contribution in [1.29, 1.82) is 0 Å². The number of benzene rings is 1. The van der Waals surface area contributed by atoms with E-state index in [0.717, 1.165) is 19.3 Å². The van der Waals surface area contributed by atoms with Crippen molar-refractivity contribution in [2.45, 2.75) is 32.2 Å². The average molecular weight is 327 g/mol. The molecule has 1 amide bonds. The SMILES string of the molecule is CCCN(C(=O)c1cc([N+](=O)[O-])ccc1Br)C1CC1. The maximum absolute atomic E-state index is 12.5. The lowest BCUT2D eigenvalue weighted by atomic mass is 10.1. The van der Waals surface area contributed by atoms with Gasteiger partial charge < -0.3 is 4.90 Å². The van der Waals surface area contributed by atoms with E-state index < -0.39 is 4.92 Å². The standard InChI is InChI=1S/C13H15BrN2O3/c1-2-7-15(9-3-4-9)13(17)11-8-10(16(18)19)5-6-12(11)14/h5-6,8-9H,2-4,7H2,1H3. The van der Waals surface area contributed by atoms with E-state index in [0.29, 0.717) is 22.6 Å². The second-order valence-electron chi connectivity index (χ2n) is 4.65. The highest BCUT2D eigenvalue weighted by molar-refractivity contribution is 9.10. The molecule has 19 heavy (non-hydrogen) atoms. The van der Waals surface area contributed by atoms with Gasteiger partial charge in [0.15, 0.2) is 0 Å². The Balaban J connectivity index is 2.30. The van der Waals surface area contributed by atoms with Crippen LogP contribution in [0.25, 0.3) is 0 Å². The number of nitro benzene ring substituents is 1. The smallest absolute Gasteiger partial charge is 0.270 e. The minimum Gasteiger partial charge on any atom is -0.336 e. The molecule has 0 atom stereocenters. The zero-order chi connectivity index (χ0) is 14.0. The first-order chi connectivity index (χ1) is 9.04. The lowest BCUT2D eigenvalue weighted by Gasteiger charge is -2.22. The minimum atomic E-state index is -0.482. The number of carbonyl (C=O) groups is 1. The number of halogens is 1. The molecule has 0 heterocycles. The molecule has 0 aliphatic heterocycles. The molecular weight excluding hydrogens is 312 g/mol. The van der Waals surface area contributed by atoms with Gasteiger partial charge in [0.05, 0.1) is 10.5 Å². The number of rotatable bonds is 5. The van der Waals surface area contributed by atoms with Crippen LogP contribution in [0.3, 0.4) is 0 Å². The molecule has 1 aliphatic carbocycles. The van der Waals surface area contributed by atoms with E-state index in [1.807, 2.05) is 11.8 Å². The number of amides is 1. The van der Waals surface area contributed by atoms with Gasteiger partial charge in [0.2, 0.25) is 0 Å². The lowest BCUT2D eigenvalue weighted by molar-refractivity contribution is -0.384. The lowest BCUT2D eigenvalue weighted by Crippen LogP contribution is -2.34. The van der Waals surface area contributed by atoms with Gasteiger partial charge in [-0.15, -0.1) is 0 Å². The number of hydrogen-bond acceptors (Lipinski definition) is 3. The van der Waals surface area contributed by atoms with Crippen LogP contribution in [0.15, 0.2) is 22.7 Å². The summed E-state index contributed by atoms with van der Waals surface area (Å²) in [7, 11) is 0. The van der Waals surface area contributed by atoms with Crippen LogP contribution < -0.4 is 0 Å². The highest BCUT2D eigenvalue weighted by atomic mass is 79.9. The second kappa shape index (κ2) is 5.69. The number of carbonyl (C=O) groups excluding carboxylic acids is 1. The van der Waals surface area contributed by atoms with E-state index in [9.17, 15) is 14.9 Å². The van der Waals surface area contributed by atoms with Crippen molar-refractivity contribution in [3.05, 3.63) is 38.3 Å². The maximum atomic E-state index is 12.5. The summed E-state index contributed by atoms with van der Waals surface area (Å²) in [4.78, 5) is 24.6. The summed E-state index contributed by atoms with van der Waals surface area (Å²) in [5, 5.41) is 10.8. The molecule has 0 radical (unpaired) electrons. The fourth-order valence-electron chi connectivity index (χ4n) is 2.02. The number of hydrogen-bond donors (Lipinski definition) is 0. The molecule has 2 rings (SSSR count). The largest absolute Gasteiger partial charge is 0.336 e. The van der Waals surface area contributed by atoms with Gasteiger partial charge in [-0.3, -0.25) is 14.9 Å². The van der Waals surface area contributed by atoms with Crippen molar-refractivity contribution in [3.8, 4) is 0 Å². The Morgan fingerprint density at radius 1 is 1.53 bits per heavy atom. The molecule has 102 valence electrons. The Morgan fingerprint density at radius 2 is 2.21 bits per heavy atom. The van der Waals surface area contributed by atoms with Gasteiger partial charge in [-0.2, -0.15) is 0 Å². The zero-order valence-corrected chi connectivity index (χ0v) is 12.2. The summed E-state index contributed by atoms with van der Waals surface area (Å²) in [5.41, 5.74) is 0.313. The van der Waals surface area contributed by atoms with Gasteiger partial charge in [0, 0.05) is 29.2 Å². The molecule has 0 bridgehead atoms. The Labute approximate surface area is 119 Å². The molecule has 1 saturated carbocycles. The number of nitrogens with zero attached hydrogens (tertiary/aromatic N) is 2. The van der Waals surface area contributed by atoms with E-state index in [1.54, 1.807) is 6.07 Å². The van der Waals surface area contributed by atoms with Crippen LogP contribution in [0, 0.1) is 10.1 Å². The van der Waals surface area contributed by atoms with Crippen LogP contribution in [-0.2, 0) is 0 Å². The first-order valence-corrected chi connectivity index (χ1v) is 7.08. The Hall–Kier alpha value is -1.43. The average Bonchev–Trinajstić information content (AvgIpc) is 3.19. The third-order valence-corrected chi connectivity index (χ3v) is 3.80. The summed E-state index contributed by atoms with van der Waals surface area (Å²) in [6.07, 6.45) is 2.94. The van der Waals surface area contributed by atoms with E-state index in [4.69, 9.17) is 0 Å². The zero-order valence-electron chi connectivity index (χ0n) is 10.6. The Kier molecular flexibility index (Phi) is 4.19. The molecule has 1 fully saturated rings. The Morgan fingerprint density at radius 3 is 2.74 bits per heavy atom. The first-order valence-electron chi connectivity index (χ1n) is 6.29. The highest BCUT2D eigenvalue weighted by Gasteiger charge is 2.33. The number of nitro groups is 1. The van der Waals surface area contributed by atoms with E-state index in [-0.39, 0.29) is 11.6 Å². The summed E-state index contributed by atoms with van der Waals surface area (Å²) < 4.78 is 0.602. The molecule has 6 heteroatoms. The summed E-state index contributed by atoms with van der Waals surface area (Å²) in [6, 6.07) is 4.60. The van der Waals surface area contributed by atoms with Crippen molar-refractivity contribution < 1.29 is 9.72 Å². The molecule has 0 aromatic heterocycles. The normalized spacial score (nSPS) is 14.2. The van der Waals surface area contributed by atoms with Crippen molar-refractivity contribution in [3.63, 3.8) is 0 Å². The van der Waals surface area contributed by atoms with Crippen LogP contribution in [0.2, 0.25) is 0 Å². The highest BCUT2D eigenvalue weighted by Crippen LogP contribution is 2.31. The van der Waals surface area contributed by atoms with E-state index in [2.05, 4.69) is 15.9 Å². The molecule has 0 spiro atoms. The fraction of sp³-hybridized carbons (Fsp3) is 0.462. The molecule has 1 aromatic carbocycles. The summed E-state index contributed by atoms with van der Waals surface area (Å²) >= 11 is 3.30. The molecule has 1 aliphatic rings. The van der Waals surface area contributed by atoms with E-state index in [1.165, 1.54) is 12.1 Å². The van der Waals surface area contributed by atoms with Crippen LogP contribution in [-0.4, -0.2) is 28.3 Å². The predicted octanol–water partition coefficient (Wildman–Crippen LogP) is 3.37. The molecule has 1 aromatic rings. The predicted molar refractivity (Wildman–Crippen MR) is 75.1 cm³/mol. The van der Waals surface area contributed by atoms with Crippen LogP contribution >= 0.6 is 15.9 Å². The quantitative estimate of drug-likeness (QED) is 0.615. The van der Waals surface area contributed by atoms with E-state index >= 15 is 0 Å². The van der Waals surface area contributed by atoms with Gasteiger partial charge in [0.1, 0.15) is 0 Å². The maximum Gasteiger partial charge on any atom is 0.270 e. The second-order valence-corrected chi connectivity index (χ2v) is 5.51. The third-order valence-electron chi connectivity index (χ3n) is 3.10. The van der Waals surface area contributed by atoms with Gasteiger partial charge in [-0.25, -0.2) is 0 Å². The monoisotopic (exact) mass is 326 g/mol. The van der Waals surface area contributed by atoms with Gasteiger partial charge in [0.25, 0.3) is 11.6 Å². The minimum absolute atomic E-state index is 0.0567. The Bertz CT molecular complexity index is 515. The topological polar surface area (TPSA) is 63.5 Å². The van der Waals surface area contributed by atoms with Gasteiger partial charge in [-0.05, 0) is 41.3 Å². The molecule has 0 saturated heterocycles. The van der Waals surface area contributed by atoms with Crippen molar-refractivity contribution in [2.24, 2.45) is 0 Å². The van der Waals surface area contributed by atoms with Crippen LogP contribution in [0.4, 0.5) is 5.69 Å². The molecule has 0 unspecified atom stereocenters. The van der Waals surface area contributed by atoms with Crippen LogP contribution in [0.1, 0.15) is 36.5 Å². The third kappa shape index (κ3) is 3.12. The van der Waals surface area contributed by atoms with Crippen LogP contribution in [0.5, 0.6) is 0 Å². The molecule has 5 nitrogen and oxygen atoms in total. The van der Waals surface area contributed by atoms with Crippen molar-refractivity contribution in [1.82, 2.24) is 4.90 Å². The molecule has 0 N–H and O–H groups in total. The van der Waals surface area contributed by atoms with Gasteiger partial charge in [-0.1, -0.05) is 6.92 Å². The van der Waals surface area contributed by atoms with Crippen molar-refractivity contribution in [2.75, 3.05) is 6.54 Å². The first kappa shape index (κ1) is 14.0. The fourth-order valence-corrected chi connectivity index (χ4v) is 2.44. The summed E-state index contributed by atoms with van der Waals surface area (Å²) in [6.45, 7) is 2.71. The number of non-ortho nitro benzene ring substituents is 1. The summed E-state index contributed by atoms with van der Waals surface area (Å²) in [5.74, 6) is -0.125. The molecular formula is C13H15BrN2O3. The van der Waals surface area contributed by atoms with Crippen molar-refractivity contribution >= 4 is 27.5 Å². The van der Waals surface area contributed by atoms with Gasteiger partial charge >= 0.3 is 0 Å².